The predicted molar refractivity (Wildman–Crippen MR) is 177 cm³/mol. The molecule has 1 atom stereocenters. The van der Waals surface area contributed by atoms with E-state index in [0.717, 1.165) is 11.1 Å². The Morgan fingerprint density at radius 2 is 1.83 bits per heavy atom. The second-order valence-electron chi connectivity index (χ2n) is 11.1. The zero-order chi connectivity index (χ0) is 32.5. The summed E-state index contributed by atoms with van der Waals surface area (Å²) in [4.78, 5) is 43.9. The van der Waals surface area contributed by atoms with Gasteiger partial charge in [-0.2, -0.15) is 0 Å². The van der Waals surface area contributed by atoms with E-state index < -0.39 is 11.0 Å². The summed E-state index contributed by atoms with van der Waals surface area (Å²) in [6.45, 7) is 5.99. The number of nitro groups is 1. The number of methoxy groups -OCH3 is 1. The third-order valence-electron chi connectivity index (χ3n) is 7.78. The molecule has 1 amide bonds. The summed E-state index contributed by atoms with van der Waals surface area (Å²) in [6, 6.07) is 24.0. The maximum absolute atomic E-state index is 14.1. The van der Waals surface area contributed by atoms with Crippen molar-refractivity contribution in [2.24, 2.45) is 4.99 Å². The summed E-state index contributed by atoms with van der Waals surface area (Å²) in [7, 11) is 1.47. The van der Waals surface area contributed by atoms with E-state index in [-0.39, 0.29) is 17.2 Å². The number of ether oxygens (including phenoxy) is 1. The van der Waals surface area contributed by atoms with E-state index in [4.69, 9.17) is 14.1 Å². The van der Waals surface area contributed by atoms with Gasteiger partial charge in [-0.3, -0.25) is 24.3 Å². The molecule has 3 aromatic carbocycles. The molecule has 5 aromatic rings. The molecule has 0 radical (unpaired) electrons. The maximum Gasteiger partial charge on any atom is 0.271 e. The molecular formula is C35H30N4O6S. The molecule has 6 rings (SSSR count). The van der Waals surface area contributed by atoms with E-state index in [1.807, 2.05) is 42.5 Å². The van der Waals surface area contributed by atoms with Crippen LogP contribution < -0.4 is 24.9 Å². The van der Waals surface area contributed by atoms with Gasteiger partial charge in [0, 0.05) is 23.9 Å². The van der Waals surface area contributed by atoms with Crippen molar-refractivity contribution in [2.75, 3.05) is 12.4 Å². The van der Waals surface area contributed by atoms with Crippen molar-refractivity contribution in [1.82, 2.24) is 4.57 Å². The molecule has 1 aliphatic heterocycles. The Morgan fingerprint density at radius 3 is 2.50 bits per heavy atom. The number of para-hydroxylation sites is 1. The van der Waals surface area contributed by atoms with E-state index in [1.165, 1.54) is 36.6 Å². The van der Waals surface area contributed by atoms with Crippen LogP contribution in [0.1, 0.15) is 49.6 Å². The summed E-state index contributed by atoms with van der Waals surface area (Å²) < 4.78 is 13.3. The Balaban J connectivity index is 1.45. The summed E-state index contributed by atoms with van der Waals surface area (Å²) >= 11 is 1.19. The first-order valence-electron chi connectivity index (χ1n) is 14.6. The molecule has 0 aliphatic carbocycles. The zero-order valence-electron chi connectivity index (χ0n) is 25.5. The normalized spacial score (nSPS) is 14.6. The molecular weight excluding hydrogens is 604 g/mol. The minimum absolute atomic E-state index is 0.106. The average molecular weight is 635 g/mol. The van der Waals surface area contributed by atoms with Crippen molar-refractivity contribution < 1.29 is 18.9 Å². The van der Waals surface area contributed by atoms with E-state index >= 15 is 0 Å². The Hall–Kier alpha value is -5.55. The van der Waals surface area contributed by atoms with Gasteiger partial charge in [0.2, 0.25) is 0 Å². The quantitative estimate of drug-likeness (QED) is 0.161. The fourth-order valence-electron chi connectivity index (χ4n) is 5.42. The number of anilines is 1. The molecule has 0 bridgehead atoms. The maximum atomic E-state index is 14.1. The molecule has 0 saturated carbocycles. The standard InChI is InChI=1S/C35H30N4O6S/c1-20(2)22-10-12-23(13-11-22)32-31(33(40)37-24-8-6-5-7-9-24)21(3)36-35-38(32)34(41)30(46-35)19-26-15-17-29(45-26)27-18-25(39(42)43)14-16-28(27)44-4/h5-20,32H,1-4H3,(H,37,40)/b30-19-. The molecule has 232 valence electrons. The van der Waals surface area contributed by atoms with Crippen molar-refractivity contribution in [3.8, 4) is 17.1 Å². The third kappa shape index (κ3) is 5.80. The molecule has 3 heterocycles. The number of carbonyl (C=O) groups excluding carboxylic acids is 1. The number of nitrogens with zero attached hydrogens (tertiary/aromatic N) is 3. The van der Waals surface area contributed by atoms with Crippen molar-refractivity contribution in [3.63, 3.8) is 0 Å². The molecule has 1 unspecified atom stereocenters. The number of nitro benzene ring substituents is 1. The molecule has 0 saturated heterocycles. The number of hydrogen-bond acceptors (Lipinski definition) is 8. The lowest BCUT2D eigenvalue weighted by Gasteiger charge is -2.25. The van der Waals surface area contributed by atoms with Crippen LogP contribution in [0.5, 0.6) is 5.75 Å². The van der Waals surface area contributed by atoms with Crippen molar-refractivity contribution >= 4 is 34.7 Å². The van der Waals surface area contributed by atoms with Gasteiger partial charge >= 0.3 is 0 Å². The molecule has 1 N–H and O–H groups in total. The highest BCUT2D eigenvalue weighted by Crippen LogP contribution is 2.35. The number of fused-ring (bicyclic) bond motifs is 1. The van der Waals surface area contributed by atoms with Gasteiger partial charge in [-0.1, -0.05) is 67.6 Å². The Bertz CT molecular complexity index is 2180. The van der Waals surface area contributed by atoms with Gasteiger partial charge in [-0.25, -0.2) is 4.99 Å². The largest absolute Gasteiger partial charge is 0.496 e. The van der Waals surface area contributed by atoms with Crippen LogP contribution in [0.15, 0.2) is 110 Å². The summed E-state index contributed by atoms with van der Waals surface area (Å²) in [5, 5.41) is 14.3. The van der Waals surface area contributed by atoms with Gasteiger partial charge in [-0.05, 0) is 54.3 Å². The first kappa shape index (κ1) is 30.5. The van der Waals surface area contributed by atoms with Gasteiger partial charge in [-0.15, -0.1) is 0 Å². The Morgan fingerprint density at radius 1 is 1.09 bits per heavy atom. The smallest absolute Gasteiger partial charge is 0.271 e. The van der Waals surface area contributed by atoms with E-state index in [2.05, 4.69) is 19.2 Å². The van der Waals surface area contributed by atoms with Crippen LogP contribution in [0.2, 0.25) is 0 Å². The third-order valence-corrected chi connectivity index (χ3v) is 8.76. The Labute approximate surface area is 267 Å². The van der Waals surface area contributed by atoms with Crippen molar-refractivity contribution in [1.29, 1.82) is 0 Å². The summed E-state index contributed by atoms with van der Waals surface area (Å²) in [5.41, 5.74) is 3.41. The number of benzene rings is 3. The lowest BCUT2D eigenvalue weighted by Crippen LogP contribution is -2.40. The second-order valence-corrected chi connectivity index (χ2v) is 12.1. The first-order valence-corrected chi connectivity index (χ1v) is 15.4. The molecule has 46 heavy (non-hydrogen) atoms. The molecule has 10 nitrogen and oxygen atoms in total. The fourth-order valence-corrected chi connectivity index (χ4v) is 6.44. The molecule has 11 heteroatoms. The summed E-state index contributed by atoms with van der Waals surface area (Å²) in [5.74, 6) is 1.09. The van der Waals surface area contributed by atoms with Crippen LogP contribution >= 0.6 is 11.3 Å². The minimum Gasteiger partial charge on any atom is -0.496 e. The highest BCUT2D eigenvalue weighted by atomic mass is 32.1. The SMILES string of the molecule is COc1ccc([N+](=O)[O-])cc1-c1ccc(/C=c2\sc3n(c2=O)C(c2ccc(C(C)C)cc2)C(C(=O)Nc2ccccc2)=C(C)N=3)o1. The lowest BCUT2D eigenvalue weighted by atomic mass is 9.93. The number of carbonyl (C=O) groups is 1. The number of furan rings is 1. The van der Waals surface area contributed by atoms with Crippen LogP contribution in [0.4, 0.5) is 11.4 Å². The number of non-ortho nitro benzene ring substituents is 1. The highest BCUT2D eigenvalue weighted by molar-refractivity contribution is 7.07. The van der Waals surface area contributed by atoms with Crippen LogP contribution in [0.3, 0.4) is 0 Å². The number of rotatable bonds is 8. The van der Waals surface area contributed by atoms with Crippen molar-refractivity contribution in [2.45, 2.75) is 32.7 Å². The molecule has 0 fully saturated rings. The van der Waals surface area contributed by atoms with Gasteiger partial charge in [0.15, 0.2) is 4.80 Å². The number of hydrogen-bond donors (Lipinski definition) is 1. The monoisotopic (exact) mass is 634 g/mol. The van der Waals surface area contributed by atoms with Gasteiger partial charge in [0.1, 0.15) is 17.3 Å². The number of aromatic nitrogens is 1. The van der Waals surface area contributed by atoms with Gasteiger partial charge in [0.25, 0.3) is 17.2 Å². The second kappa shape index (κ2) is 12.4. The minimum atomic E-state index is -0.718. The zero-order valence-corrected chi connectivity index (χ0v) is 26.3. The van der Waals surface area contributed by atoms with E-state index in [0.29, 0.717) is 55.0 Å². The number of thiazole rings is 1. The number of amides is 1. The van der Waals surface area contributed by atoms with Crippen LogP contribution in [0.25, 0.3) is 17.4 Å². The average Bonchev–Trinajstić information content (AvgIpc) is 3.64. The van der Waals surface area contributed by atoms with Gasteiger partial charge < -0.3 is 14.5 Å². The highest BCUT2D eigenvalue weighted by Gasteiger charge is 2.32. The topological polar surface area (TPSA) is 129 Å². The van der Waals surface area contributed by atoms with Crippen LogP contribution in [0, 0.1) is 10.1 Å². The molecule has 0 spiro atoms. The Kier molecular flexibility index (Phi) is 8.25. The lowest BCUT2D eigenvalue weighted by molar-refractivity contribution is -0.384. The van der Waals surface area contributed by atoms with Crippen molar-refractivity contribution in [3.05, 3.63) is 143 Å². The number of allylic oxidation sites excluding steroid dienone is 1. The van der Waals surface area contributed by atoms with Crippen LogP contribution in [-0.4, -0.2) is 22.5 Å². The van der Waals surface area contributed by atoms with E-state index in [1.54, 1.807) is 41.8 Å². The molecule has 1 aliphatic rings. The van der Waals surface area contributed by atoms with Gasteiger partial charge in [0.05, 0.1) is 39.4 Å². The predicted octanol–water partition coefficient (Wildman–Crippen LogP) is 6.17. The fraction of sp³-hybridized carbons (Fsp3) is 0.171. The summed E-state index contributed by atoms with van der Waals surface area (Å²) in [6.07, 6.45) is 1.61. The van der Waals surface area contributed by atoms with E-state index in [9.17, 15) is 19.7 Å². The molecule has 2 aromatic heterocycles. The van der Waals surface area contributed by atoms with Crippen LogP contribution in [-0.2, 0) is 4.79 Å². The number of nitrogens with one attached hydrogen (secondary N) is 1. The first-order chi connectivity index (χ1) is 22.1.